The van der Waals surface area contributed by atoms with Gasteiger partial charge in [0, 0.05) is 5.57 Å². The van der Waals surface area contributed by atoms with Crippen molar-refractivity contribution in [3.63, 3.8) is 0 Å². The molecule has 0 radical (unpaired) electrons. The number of carbonyl (C=O) groups is 4. The van der Waals surface area contributed by atoms with Crippen LogP contribution in [0.1, 0.15) is 34.1 Å². The van der Waals surface area contributed by atoms with Crippen molar-refractivity contribution in [3.8, 4) is 0 Å². The molecule has 0 N–H and O–H groups in total. The van der Waals surface area contributed by atoms with Gasteiger partial charge in [0.1, 0.15) is 0 Å². The lowest BCUT2D eigenvalue weighted by Crippen LogP contribution is -2.19. The SMILES string of the molecule is C=C(CC(=O)OCOC(=O)OC(C)C)C(=O)OCOC(=O)OC(C)C. The summed E-state index contributed by atoms with van der Waals surface area (Å²) < 4.78 is 27.4. The van der Waals surface area contributed by atoms with Crippen molar-refractivity contribution in [2.75, 3.05) is 13.6 Å². The molecule has 0 spiro atoms. The molecule has 0 rings (SSSR count). The summed E-state index contributed by atoms with van der Waals surface area (Å²) in [7, 11) is 0. The second-order valence-corrected chi connectivity index (χ2v) is 5.09. The highest BCUT2D eigenvalue weighted by Crippen LogP contribution is 2.04. The number of hydrogen-bond donors (Lipinski definition) is 0. The zero-order chi connectivity index (χ0) is 19.4. The van der Waals surface area contributed by atoms with Crippen LogP contribution in [0, 0.1) is 0 Å². The van der Waals surface area contributed by atoms with E-state index in [0.29, 0.717) is 0 Å². The van der Waals surface area contributed by atoms with E-state index in [1.807, 2.05) is 0 Å². The van der Waals surface area contributed by atoms with Crippen molar-refractivity contribution in [2.45, 2.75) is 46.3 Å². The van der Waals surface area contributed by atoms with E-state index in [1.54, 1.807) is 27.7 Å². The van der Waals surface area contributed by atoms with Crippen LogP contribution in [-0.4, -0.2) is 50.0 Å². The van der Waals surface area contributed by atoms with Crippen LogP contribution < -0.4 is 0 Å². The van der Waals surface area contributed by atoms with Crippen molar-refractivity contribution in [1.29, 1.82) is 0 Å². The Bertz CT molecular complexity index is 495. The second-order valence-electron chi connectivity index (χ2n) is 5.09. The molecule has 0 heterocycles. The highest BCUT2D eigenvalue weighted by atomic mass is 16.8. The first-order chi connectivity index (χ1) is 11.6. The van der Waals surface area contributed by atoms with Crippen LogP contribution in [0.2, 0.25) is 0 Å². The predicted octanol–water partition coefficient (Wildman–Crippen LogP) is 2.06. The maximum atomic E-state index is 11.5. The van der Waals surface area contributed by atoms with Gasteiger partial charge >= 0.3 is 24.2 Å². The molecule has 0 saturated heterocycles. The minimum Gasteiger partial charge on any atom is -0.431 e. The van der Waals surface area contributed by atoms with E-state index in [2.05, 4.69) is 35.0 Å². The zero-order valence-corrected chi connectivity index (χ0v) is 14.6. The maximum Gasteiger partial charge on any atom is 0.511 e. The number of esters is 2. The van der Waals surface area contributed by atoms with Gasteiger partial charge in [-0.1, -0.05) is 6.58 Å². The Kier molecular flexibility index (Phi) is 10.4. The van der Waals surface area contributed by atoms with E-state index < -0.39 is 44.3 Å². The Hall–Kier alpha value is -2.78. The summed E-state index contributed by atoms with van der Waals surface area (Å²) >= 11 is 0. The first-order valence-electron chi connectivity index (χ1n) is 7.29. The van der Waals surface area contributed by atoms with E-state index in [-0.39, 0.29) is 17.8 Å². The topological polar surface area (TPSA) is 124 Å². The van der Waals surface area contributed by atoms with Crippen LogP contribution in [0.4, 0.5) is 9.59 Å². The average molecular weight is 362 g/mol. The molecule has 0 aliphatic rings. The van der Waals surface area contributed by atoms with Crippen LogP contribution >= 0.6 is 0 Å². The van der Waals surface area contributed by atoms with Gasteiger partial charge in [0.15, 0.2) is 0 Å². The Labute approximate surface area is 144 Å². The lowest BCUT2D eigenvalue weighted by molar-refractivity contribution is -0.156. The Morgan fingerprint density at radius 2 is 1.20 bits per heavy atom. The van der Waals surface area contributed by atoms with Gasteiger partial charge in [-0.25, -0.2) is 14.4 Å². The fourth-order valence-electron chi connectivity index (χ4n) is 1.13. The van der Waals surface area contributed by atoms with Crippen molar-refractivity contribution >= 4 is 24.2 Å². The van der Waals surface area contributed by atoms with E-state index >= 15 is 0 Å². The third kappa shape index (κ3) is 12.3. The molecule has 142 valence electrons. The van der Waals surface area contributed by atoms with Gasteiger partial charge in [-0.3, -0.25) is 4.79 Å². The standard InChI is InChI=1S/C15H22O10/c1-9(2)24-14(18)22-7-20-12(16)6-11(5)13(17)21-8-23-15(19)25-10(3)4/h9-10H,5-8H2,1-4H3. The molecule has 0 bridgehead atoms. The van der Waals surface area contributed by atoms with Gasteiger partial charge in [0.25, 0.3) is 0 Å². The number of ether oxygens (including phenoxy) is 6. The van der Waals surface area contributed by atoms with Gasteiger partial charge in [-0.15, -0.1) is 0 Å². The number of rotatable bonds is 9. The van der Waals surface area contributed by atoms with Crippen molar-refractivity contribution in [3.05, 3.63) is 12.2 Å². The second kappa shape index (κ2) is 11.7. The maximum absolute atomic E-state index is 11.5. The summed E-state index contributed by atoms with van der Waals surface area (Å²) in [6.07, 6.45) is -3.26. The molecule has 0 aromatic carbocycles. The third-order valence-electron chi connectivity index (χ3n) is 2.07. The first-order valence-corrected chi connectivity index (χ1v) is 7.29. The average Bonchev–Trinajstić information content (AvgIpc) is 2.45. The fourth-order valence-corrected chi connectivity index (χ4v) is 1.13. The summed E-state index contributed by atoms with van der Waals surface area (Å²) in [5.74, 6) is -1.84. The van der Waals surface area contributed by atoms with E-state index in [0.717, 1.165) is 0 Å². The highest BCUT2D eigenvalue weighted by molar-refractivity contribution is 5.93. The van der Waals surface area contributed by atoms with Gasteiger partial charge in [-0.2, -0.15) is 0 Å². The molecule has 0 aliphatic heterocycles. The van der Waals surface area contributed by atoms with Crippen LogP contribution in [0.3, 0.4) is 0 Å². The van der Waals surface area contributed by atoms with Crippen LogP contribution in [0.15, 0.2) is 12.2 Å². The Morgan fingerprint density at radius 3 is 1.64 bits per heavy atom. The first kappa shape index (κ1) is 22.2. The molecule has 0 fully saturated rings. The Morgan fingerprint density at radius 1 is 0.760 bits per heavy atom. The molecule has 0 unspecified atom stereocenters. The number of hydrogen-bond acceptors (Lipinski definition) is 10. The summed E-state index contributed by atoms with van der Waals surface area (Å²) in [6.45, 7) is 8.46. The molecule has 0 aliphatic carbocycles. The fraction of sp³-hybridized carbons (Fsp3) is 0.600. The molecule has 10 nitrogen and oxygen atoms in total. The summed E-state index contributed by atoms with van der Waals surface area (Å²) in [4.78, 5) is 45.0. The molecule has 0 amide bonds. The smallest absolute Gasteiger partial charge is 0.431 e. The molecule has 0 saturated carbocycles. The summed E-state index contributed by atoms with van der Waals surface area (Å²) in [6, 6.07) is 0. The lowest BCUT2D eigenvalue weighted by Gasteiger charge is -2.10. The number of carbonyl (C=O) groups excluding carboxylic acids is 4. The molecule has 25 heavy (non-hydrogen) atoms. The third-order valence-corrected chi connectivity index (χ3v) is 2.07. The quantitative estimate of drug-likeness (QED) is 0.260. The van der Waals surface area contributed by atoms with E-state index in [9.17, 15) is 19.2 Å². The Balaban J connectivity index is 3.95. The van der Waals surface area contributed by atoms with Gasteiger partial charge in [0.2, 0.25) is 13.6 Å². The predicted molar refractivity (Wildman–Crippen MR) is 81.1 cm³/mol. The van der Waals surface area contributed by atoms with Crippen molar-refractivity contribution < 1.29 is 47.6 Å². The summed E-state index contributed by atoms with van der Waals surface area (Å²) in [5, 5.41) is 0. The summed E-state index contributed by atoms with van der Waals surface area (Å²) in [5.41, 5.74) is -0.240. The molecule has 0 aromatic rings. The minimum atomic E-state index is -1.00. The lowest BCUT2D eigenvalue weighted by atomic mass is 10.2. The van der Waals surface area contributed by atoms with Crippen LogP contribution in [0.25, 0.3) is 0 Å². The van der Waals surface area contributed by atoms with Crippen LogP contribution in [0.5, 0.6) is 0 Å². The molecule has 0 aromatic heterocycles. The van der Waals surface area contributed by atoms with Crippen LogP contribution in [-0.2, 0) is 38.0 Å². The van der Waals surface area contributed by atoms with Crippen molar-refractivity contribution in [2.24, 2.45) is 0 Å². The highest BCUT2D eigenvalue weighted by Gasteiger charge is 2.16. The molecule has 10 heteroatoms. The van der Waals surface area contributed by atoms with Gasteiger partial charge in [0.05, 0.1) is 18.6 Å². The normalized spacial score (nSPS) is 10.0. The zero-order valence-electron chi connectivity index (χ0n) is 14.6. The van der Waals surface area contributed by atoms with Gasteiger partial charge in [-0.05, 0) is 27.7 Å². The van der Waals surface area contributed by atoms with E-state index in [1.165, 1.54) is 0 Å². The minimum absolute atomic E-state index is 0.240. The van der Waals surface area contributed by atoms with E-state index in [4.69, 9.17) is 0 Å². The van der Waals surface area contributed by atoms with Crippen molar-refractivity contribution in [1.82, 2.24) is 0 Å². The molecular weight excluding hydrogens is 340 g/mol. The molecular formula is C15H22O10. The largest absolute Gasteiger partial charge is 0.511 e. The monoisotopic (exact) mass is 362 g/mol. The molecule has 0 atom stereocenters. The van der Waals surface area contributed by atoms with Gasteiger partial charge < -0.3 is 28.4 Å².